The van der Waals surface area contributed by atoms with E-state index in [0.29, 0.717) is 4.47 Å². The highest BCUT2D eigenvalue weighted by Gasteiger charge is 2.51. The van der Waals surface area contributed by atoms with Gasteiger partial charge in [-0.05, 0) is 40.0 Å². The van der Waals surface area contributed by atoms with Crippen LogP contribution in [0.3, 0.4) is 0 Å². The van der Waals surface area contributed by atoms with E-state index in [9.17, 15) is 4.39 Å². The number of rotatable bonds is 2. The van der Waals surface area contributed by atoms with E-state index < -0.39 is 5.54 Å². The van der Waals surface area contributed by atoms with Crippen LogP contribution in [0.15, 0.2) is 55.5 Å². The second-order valence-electron chi connectivity index (χ2n) is 5.55. The molecule has 3 aliphatic rings. The third-order valence-corrected chi connectivity index (χ3v) is 5.09. The molecule has 1 aromatic rings. The van der Waals surface area contributed by atoms with Gasteiger partial charge in [-0.15, -0.1) is 0 Å². The van der Waals surface area contributed by atoms with Gasteiger partial charge in [0.15, 0.2) is 5.54 Å². The van der Waals surface area contributed by atoms with Gasteiger partial charge in [0, 0.05) is 11.5 Å². The summed E-state index contributed by atoms with van der Waals surface area (Å²) in [6, 6.07) is 5.02. The van der Waals surface area contributed by atoms with Gasteiger partial charge >= 0.3 is 0 Å². The molecule has 1 aromatic carbocycles. The maximum Gasteiger partial charge on any atom is 0.154 e. The van der Waals surface area contributed by atoms with Gasteiger partial charge in [-0.1, -0.05) is 25.1 Å². The molecule has 0 amide bonds. The zero-order valence-electron chi connectivity index (χ0n) is 11.9. The second kappa shape index (κ2) is 4.81. The van der Waals surface area contributed by atoms with Crippen LogP contribution < -0.4 is 0 Å². The van der Waals surface area contributed by atoms with Crippen molar-refractivity contribution < 1.29 is 4.39 Å². The van der Waals surface area contributed by atoms with E-state index in [1.165, 1.54) is 6.07 Å². The minimum atomic E-state index is -0.486. The average molecular weight is 358 g/mol. The maximum absolute atomic E-state index is 13.5. The number of allylic oxidation sites excluding steroid dienone is 2. The predicted octanol–water partition coefficient (Wildman–Crippen LogP) is 4.20. The highest BCUT2D eigenvalue weighted by atomic mass is 79.9. The fourth-order valence-electron chi connectivity index (χ4n) is 3.38. The lowest BCUT2D eigenvalue weighted by molar-refractivity contribution is 0.477. The van der Waals surface area contributed by atoms with Crippen LogP contribution in [0.5, 0.6) is 0 Å². The molecule has 1 aliphatic carbocycles. The molecule has 0 radical (unpaired) electrons. The molecule has 110 valence electrons. The van der Waals surface area contributed by atoms with Gasteiger partial charge in [0.1, 0.15) is 12.2 Å². The summed E-state index contributed by atoms with van der Waals surface area (Å²) >= 11 is 3.25. The fraction of sp³-hybridized carbons (Fsp3) is 0.235. The molecule has 1 spiro atoms. The lowest BCUT2D eigenvalue weighted by Crippen LogP contribution is -2.42. The zero-order valence-corrected chi connectivity index (χ0v) is 13.5. The van der Waals surface area contributed by atoms with Gasteiger partial charge in [-0.2, -0.15) is 0 Å². The number of hydrogen-bond acceptors (Lipinski definition) is 3. The van der Waals surface area contributed by atoms with E-state index in [1.807, 2.05) is 0 Å². The summed E-state index contributed by atoms with van der Waals surface area (Å²) in [5.74, 6) is -0.0264. The summed E-state index contributed by atoms with van der Waals surface area (Å²) in [5.41, 5.74) is 3.23. The molecule has 0 saturated carbocycles. The summed E-state index contributed by atoms with van der Waals surface area (Å²) in [4.78, 5) is 13.6. The molecule has 0 aromatic heterocycles. The first kappa shape index (κ1) is 13.8. The van der Waals surface area contributed by atoms with E-state index in [1.54, 1.807) is 24.7 Å². The molecule has 2 heterocycles. The Morgan fingerprint density at radius 1 is 1.36 bits per heavy atom. The molecular formula is C17H13BrFN3. The Morgan fingerprint density at radius 3 is 3.00 bits per heavy atom. The molecule has 0 fully saturated rings. The number of halogens is 2. The summed E-state index contributed by atoms with van der Waals surface area (Å²) in [5, 5.41) is 0. The van der Waals surface area contributed by atoms with Gasteiger partial charge < -0.3 is 0 Å². The van der Waals surface area contributed by atoms with Crippen molar-refractivity contribution in [2.45, 2.75) is 18.9 Å². The molecular weight excluding hydrogens is 345 g/mol. The van der Waals surface area contributed by atoms with Crippen LogP contribution in [-0.4, -0.2) is 23.8 Å². The molecule has 0 N–H and O–H groups in total. The molecule has 0 saturated heterocycles. The predicted molar refractivity (Wildman–Crippen MR) is 91.1 cm³/mol. The zero-order chi connectivity index (χ0) is 15.3. The highest BCUT2D eigenvalue weighted by molar-refractivity contribution is 9.10. The molecule has 2 atom stereocenters. The van der Waals surface area contributed by atoms with Crippen molar-refractivity contribution in [1.29, 1.82) is 0 Å². The van der Waals surface area contributed by atoms with Gasteiger partial charge in [-0.3, -0.25) is 9.98 Å². The lowest BCUT2D eigenvalue weighted by Gasteiger charge is -2.34. The van der Waals surface area contributed by atoms with Crippen LogP contribution in [0.2, 0.25) is 0 Å². The van der Waals surface area contributed by atoms with Crippen LogP contribution >= 0.6 is 15.9 Å². The Bertz CT molecular complexity index is 819. The van der Waals surface area contributed by atoms with Gasteiger partial charge in [-0.25, -0.2) is 9.38 Å². The van der Waals surface area contributed by atoms with Crippen LogP contribution in [0.25, 0.3) is 5.57 Å². The molecule has 5 heteroatoms. The molecule has 2 aliphatic heterocycles. The quantitative estimate of drug-likeness (QED) is 0.760. The van der Waals surface area contributed by atoms with Crippen molar-refractivity contribution in [2.24, 2.45) is 20.9 Å². The topological polar surface area (TPSA) is 37.1 Å². The van der Waals surface area contributed by atoms with Crippen molar-refractivity contribution in [3.63, 3.8) is 0 Å². The third-order valence-electron chi connectivity index (χ3n) is 4.48. The van der Waals surface area contributed by atoms with Gasteiger partial charge in [0.25, 0.3) is 0 Å². The molecule has 22 heavy (non-hydrogen) atoms. The van der Waals surface area contributed by atoms with Crippen molar-refractivity contribution >= 4 is 39.8 Å². The fourth-order valence-corrected chi connectivity index (χ4v) is 3.76. The SMILES string of the molecule is CCC1C=CC(c2ccc(F)c(Br)c2)=C2N=CC3=NC=NC321. The summed E-state index contributed by atoms with van der Waals surface area (Å²) in [6.07, 6.45) is 8.63. The van der Waals surface area contributed by atoms with Crippen LogP contribution in [0, 0.1) is 11.7 Å². The summed E-state index contributed by atoms with van der Waals surface area (Å²) in [7, 11) is 0. The first-order valence-corrected chi connectivity index (χ1v) is 8.00. The van der Waals surface area contributed by atoms with Crippen LogP contribution in [-0.2, 0) is 0 Å². The number of aliphatic imine (C=N–C) groups is 3. The smallest absolute Gasteiger partial charge is 0.154 e. The number of hydrogen-bond donors (Lipinski definition) is 0. The van der Waals surface area contributed by atoms with E-state index in [4.69, 9.17) is 0 Å². The second-order valence-corrected chi connectivity index (χ2v) is 6.40. The Kier molecular flexibility index (Phi) is 3.01. The Labute approximate surface area is 136 Å². The first-order valence-electron chi connectivity index (χ1n) is 7.21. The number of nitrogens with zero attached hydrogens (tertiary/aromatic N) is 3. The third kappa shape index (κ3) is 1.69. The average Bonchev–Trinajstić information content (AvgIpc) is 3.07. The highest BCUT2D eigenvalue weighted by Crippen LogP contribution is 2.47. The van der Waals surface area contributed by atoms with E-state index >= 15 is 0 Å². The summed E-state index contributed by atoms with van der Waals surface area (Å²) < 4.78 is 14.0. The van der Waals surface area contributed by atoms with Gasteiger partial charge in [0.05, 0.1) is 22.1 Å². The van der Waals surface area contributed by atoms with Crippen molar-refractivity contribution in [2.75, 3.05) is 0 Å². The van der Waals surface area contributed by atoms with Gasteiger partial charge in [0.2, 0.25) is 0 Å². The van der Waals surface area contributed by atoms with Crippen LogP contribution in [0.4, 0.5) is 4.39 Å². The largest absolute Gasteiger partial charge is 0.256 e. The first-order chi connectivity index (χ1) is 10.7. The normalized spacial score (nSPS) is 28.1. The summed E-state index contributed by atoms with van der Waals surface area (Å²) in [6.45, 7) is 2.14. The monoisotopic (exact) mass is 357 g/mol. The Hall–Kier alpha value is -1.88. The molecule has 2 unspecified atom stereocenters. The Morgan fingerprint density at radius 2 is 2.23 bits per heavy atom. The van der Waals surface area contributed by atoms with E-state index in [0.717, 1.165) is 29.0 Å². The molecule has 3 nitrogen and oxygen atoms in total. The number of benzene rings is 1. The molecule has 4 rings (SSSR count). The van der Waals surface area contributed by atoms with Crippen molar-refractivity contribution in [3.8, 4) is 0 Å². The van der Waals surface area contributed by atoms with E-state index in [2.05, 4.69) is 50.0 Å². The molecule has 0 bridgehead atoms. The van der Waals surface area contributed by atoms with Crippen LogP contribution in [0.1, 0.15) is 18.9 Å². The lowest BCUT2D eigenvalue weighted by atomic mass is 9.73. The minimum Gasteiger partial charge on any atom is -0.256 e. The maximum atomic E-state index is 13.5. The standard InChI is InChI=1S/C17H13BrFN3/c1-2-11-4-5-12(10-3-6-14(19)13(18)7-10)16-17(11)15(8-20-16)21-9-22-17/h3-9,11H,2H2,1H3. The van der Waals surface area contributed by atoms with Crippen molar-refractivity contribution in [1.82, 2.24) is 0 Å². The minimum absolute atomic E-state index is 0.245. The van der Waals surface area contributed by atoms with Crippen molar-refractivity contribution in [3.05, 3.63) is 51.9 Å². The van der Waals surface area contributed by atoms with E-state index in [-0.39, 0.29) is 11.7 Å². The Balaban J connectivity index is 1.93.